The molecule has 7 heteroatoms. The summed E-state index contributed by atoms with van der Waals surface area (Å²) in [7, 11) is 0. The fourth-order valence-corrected chi connectivity index (χ4v) is 4.25. The number of carbonyl (C=O) groups is 2. The first-order valence-corrected chi connectivity index (χ1v) is 10.5. The van der Waals surface area contributed by atoms with Crippen molar-refractivity contribution < 1.29 is 14.3 Å². The van der Waals surface area contributed by atoms with Crippen LogP contribution in [-0.4, -0.2) is 60.4 Å². The van der Waals surface area contributed by atoms with Crippen molar-refractivity contribution in [2.24, 2.45) is 17.6 Å². The highest BCUT2D eigenvalue weighted by Gasteiger charge is 2.34. The number of nitrogens with zero attached hydrogens (tertiary/aromatic N) is 2. The second kappa shape index (κ2) is 9.61. The van der Waals surface area contributed by atoms with Crippen molar-refractivity contribution in [3.63, 3.8) is 0 Å². The quantitative estimate of drug-likeness (QED) is 0.786. The predicted molar refractivity (Wildman–Crippen MR) is 109 cm³/mol. The molecule has 0 aromatic heterocycles. The lowest BCUT2D eigenvalue weighted by Gasteiger charge is -2.39. The molecular formula is C21H30ClN3O3. The van der Waals surface area contributed by atoms with Crippen LogP contribution < -0.4 is 10.5 Å². The normalized spacial score (nSPS) is 24.1. The molecule has 0 radical (unpaired) electrons. The van der Waals surface area contributed by atoms with Gasteiger partial charge >= 0.3 is 0 Å². The molecule has 28 heavy (non-hydrogen) atoms. The second-order valence-corrected chi connectivity index (χ2v) is 8.57. The Hall–Kier alpha value is -1.79. The van der Waals surface area contributed by atoms with Gasteiger partial charge in [-0.05, 0) is 50.0 Å². The first-order chi connectivity index (χ1) is 13.4. The number of nitrogens with two attached hydrogens (primary N) is 1. The molecule has 1 aromatic rings. The summed E-state index contributed by atoms with van der Waals surface area (Å²) in [5.74, 6) is 1.06. The van der Waals surface area contributed by atoms with E-state index in [-0.39, 0.29) is 30.3 Å². The lowest BCUT2D eigenvalue weighted by molar-refractivity contribution is -0.137. The van der Waals surface area contributed by atoms with Gasteiger partial charge in [-0.1, -0.05) is 24.6 Å². The van der Waals surface area contributed by atoms with Crippen LogP contribution in [-0.2, 0) is 9.59 Å². The molecule has 0 spiro atoms. The topological polar surface area (TPSA) is 75.9 Å². The summed E-state index contributed by atoms with van der Waals surface area (Å²) in [6, 6.07) is 7.23. The molecule has 2 saturated heterocycles. The van der Waals surface area contributed by atoms with Crippen LogP contribution in [0.25, 0.3) is 0 Å². The van der Waals surface area contributed by atoms with Crippen LogP contribution >= 0.6 is 11.6 Å². The van der Waals surface area contributed by atoms with Gasteiger partial charge in [-0.2, -0.15) is 0 Å². The first kappa shape index (κ1) is 20.9. The number of rotatable bonds is 6. The smallest absolute Gasteiger partial charge is 0.236 e. The third-order valence-electron chi connectivity index (χ3n) is 5.80. The fourth-order valence-electron chi connectivity index (χ4n) is 4.07. The zero-order chi connectivity index (χ0) is 20.1. The van der Waals surface area contributed by atoms with E-state index in [2.05, 4.69) is 11.8 Å². The van der Waals surface area contributed by atoms with Gasteiger partial charge in [-0.3, -0.25) is 14.5 Å². The molecule has 2 N–H and O–H groups in total. The lowest BCUT2D eigenvalue weighted by Crippen LogP contribution is -2.51. The molecule has 2 heterocycles. The average Bonchev–Trinajstić information content (AvgIpc) is 2.64. The number of likely N-dealkylation sites (tertiary alicyclic amines) is 2. The number of carbonyl (C=O) groups excluding carboxylic acids is 2. The van der Waals surface area contributed by atoms with Gasteiger partial charge in [-0.25, -0.2) is 0 Å². The molecule has 0 unspecified atom stereocenters. The molecule has 1 aromatic carbocycles. The van der Waals surface area contributed by atoms with E-state index in [9.17, 15) is 9.59 Å². The van der Waals surface area contributed by atoms with Crippen LogP contribution in [0.3, 0.4) is 0 Å². The first-order valence-electron chi connectivity index (χ1n) is 10.1. The van der Waals surface area contributed by atoms with Crippen molar-refractivity contribution in [1.82, 2.24) is 9.80 Å². The highest BCUT2D eigenvalue weighted by Crippen LogP contribution is 2.27. The van der Waals surface area contributed by atoms with Crippen molar-refractivity contribution in [3.05, 3.63) is 29.3 Å². The summed E-state index contributed by atoms with van der Waals surface area (Å²) in [6.45, 7) is 5.80. The van der Waals surface area contributed by atoms with Gasteiger partial charge in [0.2, 0.25) is 11.8 Å². The summed E-state index contributed by atoms with van der Waals surface area (Å²) in [5.41, 5.74) is 5.46. The van der Waals surface area contributed by atoms with Crippen molar-refractivity contribution in [3.8, 4) is 5.75 Å². The van der Waals surface area contributed by atoms with Gasteiger partial charge in [-0.15, -0.1) is 0 Å². The van der Waals surface area contributed by atoms with Crippen LogP contribution in [0, 0.1) is 11.8 Å². The minimum absolute atomic E-state index is 0.115. The standard InChI is InChI=1S/C21H30ClN3O3/c1-15-5-8-24(9-6-15)14-21(27)25-10-7-19(16(13-25)11-20(23)26)28-18-4-2-3-17(22)12-18/h2-4,12,15-16,19H,5-11,13-14H2,1H3,(H2,23,26)/t16-,19-/m0/s1. The van der Waals surface area contributed by atoms with Gasteiger partial charge in [0, 0.05) is 36.9 Å². The maximum absolute atomic E-state index is 12.8. The third kappa shape index (κ3) is 5.85. The summed E-state index contributed by atoms with van der Waals surface area (Å²) < 4.78 is 6.10. The van der Waals surface area contributed by atoms with E-state index in [1.54, 1.807) is 12.1 Å². The second-order valence-electron chi connectivity index (χ2n) is 8.13. The van der Waals surface area contributed by atoms with Gasteiger partial charge in [0.05, 0.1) is 6.54 Å². The van der Waals surface area contributed by atoms with Crippen LogP contribution in [0.2, 0.25) is 5.02 Å². The minimum Gasteiger partial charge on any atom is -0.490 e. The van der Waals surface area contributed by atoms with E-state index in [1.165, 1.54) is 0 Å². The largest absolute Gasteiger partial charge is 0.490 e. The molecule has 2 fully saturated rings. The summed E-state index contributed by atoms with van der Waals surface area (Å²) >= 11 is 6.04. The SMILES string of the molecule is CC1CCN(CC(=O)N2CC[C@H](Oc3cccc(Cl)c3)[C@@H](CC(N)=O)C2)CC1. The summed E-state index contributed by atoms with van der Waals surface area (Å²) in [5, 5.41) is 0.604. The Morgan fingerprint density at radius 3 is 2.64 bits per heavy atom. The number of hydrogen-bond acceptors (Lipinski definition) is 4. The zero-order valence-corrected chi connectivity index (χ0v) is 17.2. The summed E-state index contributed by atoms with van der Waals surface area (Å²) in [6.07, 6.45) is 3.01. The van der Waals surface area contributed by atoms with Crippen molar-refractivity contribution in [1.29, 1.82) is 0 Å². The maximum Gasteiger partial charge on any atom is 0.236 e. The molecule has 2 amide bonds. The van der Waals surface area contributed by atoms with E-state index >= 15 is 0 Å². The molecule has 2 aliphatic heterocycles. The van der Waals surface area contributed by atoms with Crippen LogP contribution in [0.5, 0.6) is 5.75 Å². The Bertz CT molecular complexity index is 691. The fraction of sp³-hybridized carbons (Fsp3) is 0.619. The number of amides is 2. The van der Waals surface area contributed by atoms with Gasteiger partial charge in [0.15, 0.2) is 0 Å². The van der Waals surface area contributed by atoms with Gasteiger partial charge in [0.1, 0.15) is 11.9 Å². The molecular weight excluding hydrogens is 378 g/mol. The van der Waals surface area contributed by atoms with Crippen molar-refractivity contribution in [2.45, 2.75) is 38.7 Å². The predicted octanol–water partition coefficient (Wildman–Crippen LogP) is 2.54. The highest BCUT2D eigenvalue weighted by molar-refractivity contribution is 6.30. The van der Waals surface area contributed by atoms with E-state index in [0.29, 0.717) is 36.8 Å². The lowest BCUT2D eigenvalue weighted by atomic mass is 9.91. The van der Waals surface area contributed by atoms with E-state index in [4.69, 9.17) is 22.1 Å². The molecule has 0 aliphatic carbocycles. The molecule has 2 atom stereocenters. The molecule has 0 bridgehead atoms. The van der Waals surface area contributed by atoms with Gasteiger partial charge in [0.25, 0.3) is 0 Å². The Kier molecular flexibility index (Phi) is 7.18. The monoisotopic (exact) mass is 407 g/mol. The highest BCUT2D eigenvalue weighted by atomic mass is 35.5. The van der Waals surface area contributed by atoms with E-state index in [0.717, 1.165) is 31.8 Å². The molecule has 0 saturated carbocycles. The molecule has 6 nitrogen and oxygen atoms in total. The molecule has 2 aliphatic rings. The molecule has 3 rings (SSSR count). The van der Waals surface area contributed by atoms with Gasteiger partial charge < -0.3 is 15.4 Å². The third-order valence-corrected chi connectivity index (χ3v) is 6.03. The average molecular weight is 408 g/mol. The Morgan fingerprint density at radius 1 is 1.21 bits per heavy atom. The van der Waals surface area contributed by atoms with E-state index < -0.39 is 0 Å². The zero-order valence-electron chi connectivity index (χ0n) is 16.5. The Labute approximate surface area is 171 Å². The van der Waals surface area contributed by atoms with Crippen LogP contribution in [0.4, 0.5) is 0 Å². The number of primary amides is 1. The van der Waals surface area contributed by atoms with Crippen molar-refractivity contribution in [2.75, 3.05) is 32.7 Å². The minimum atomic E-state index is -0.371. The van der Waals surface area contributed by atoms with Crippen LogP contribution in [0.1, 0.15) is 32.6 Å². The van der Waals surface area contributed by atoms with Crippen molar-refractivity contribution >= 4 is 23.4 Å². The Balaban J connectivity index is 1.59. The van der Waals surface area contributed by atoms with Crippen LogP contribution in [0.15, 0.2) is 24.3 Å². The van der Waals surface area contributed by atoms with E-state index in [1.807, 2.05) is 17.0 Å². The number of ether oxygens (including phenoxy) is 1. The summed E-state index contributed by atoms with van der Waals surface area (Å²) in [4.78, 5) is 28.5. The Morgan fingerprint density at radius 2 is 1.96 bits per heavy atom. The number of benzene rings is 1. The number of piperidine rings is 2. The number of hydrogen-bond donors (Lipinski definition) is 1. The molecule has 154 valence electrons. The maximum atomic E-state index is 12.8. The number of halogens is 1.